The van der Waals surface area contributed by atoms with Gasteiger partial charge in [0.25, 0.3) is 0 Å². The number of rotatable bonds is 12. The van der Waals surface area contributed by atoms with E-state index in [0.29, 0.717) is 12.8 Å². The van der Waals surface area contributed by atoms with Crippen LogP contribution in [0.3, 0.4) is 0 Å². The number of carbonyl (C=O) groups is 2. The lowest BCUT2D eigenvalue weighted by atomic mass is 9.87. The SMILES string of the molecule is C=C[C@](C)(O)[C@@H](CC)OC(=O)[C@H](C)[C@@H](O[Si](C)(C)C(C)(C)C)[C@@H](C)C[C@@H](C)C=O. The minimum atomic E-state index is -2.15. The van der Waals surface area contributed by atoms with Crippen LogP contribution >= 0.6 is 0 Å². The third-order valence-corrected chi connectivity index (χ3v) is 10.8. The molecule has 0 saturated heterocycles. The third kappa shape index (κ3) is 7.98. The first-order valence-electron chi connectivity index (χ1n) is 10.7. The highest BCUT2D eigenvalue weighted by Crippen LogP contribution is 2.40. The molecular formula is C23H44O5Si. The van der Waals surface area contributed by atoms with E-state index in [0.717, 1.165) is 6.29 Å². The first-order chi connectivity index (χ1) is 13.0. The fourth-order valence-corrected chi connectivity index (χ4v) is 4.60. The number of hydrogen-bond acceptors (Lipinski definition) is 5. The van der Waals surface area contributed by atoms with Crippen molar-refractivity contribution < 1.29 is 23.9 Å². The van der Waals surface area contributed by atoms with E-state index in [2.05, 4.69) is 40.4 Å². The standard InChI is InChI=1S/C23H44O5Si/c1-12-19(23(9,26)13-2)27-21(25)18(5)20(17(4)14-16(3)15-24)28-29(10,11)22(6,7)8/h13,15-20,26H,2,12,14H2,1,3-11H3/t16-,17+,18-,19-,20+,23+/m1/s1. The van der Waals surface area contributed by atoms with Crippen molar-refractivity contribution in [3.05, 3.63) is 12.7 Å². The van der Waals surface area contributed by atoms with Gasteiger partial charge in [-0.25, -0.2) is 0 Å². The first kappa shape index (κ1) is 28.0. The van der Waals surface area contributed by atoms with Crippen LogP contribution in [-0.2, 0) is 18.8 Å². The Bertz CT molecular complexity index is 550. The van der Waals surface area contributed by atoms with Crippen molar-refractivity contribution in [3.63, 3.8) is 0 Å². The molecule has 0 aromatic carbocycles. The van der Waals surface area contributed by atoms with E-state index in [-0.39, 0.29) is 23.0 Å². The molecule has 0 spiro atoms. The number of carbonyl (C=O) groups excluding carboxylic acids is 2. The molecular weight excluding hydrogens is 384 g/mol. The molecule has 0 fully saturated rings. The maximum Gasteiger partial charge on any atom is 0.311 e. The highest BCUT2D eigenvalue weighted by Gasteiger charge is 2.44. The van der Waals surface area contributed by atoms with Crippen LogP contribution in [0.2, 0.25) is 18.1 Å². The van der Waals surface area contributed by atoms with E-state index in [1.54, 1.807) is 6.92 Å². The van der Waals surface area contributed by atoms with Gasteiger partial charge in [0, 0.05) is 5.92 Å². The van der Waals surface area contributed by atoms with Gasteiger partial charge in [-0.2, -0.15) is 0 Å². The molecule has 0 saturated carbocycles. The molecule has 0 aliphatic rings. The molecule has 0 aliphatic heterocycles. The number of esters is 1. The minimum absolute atomic E-state index is 0.00636. The van der Waals surface area contributed by atoms with E-state index in [1.165, 1.54) is 6.08 Å². The Morgan fingerprint density at radius 3 is 2.07 bits per heavy atom. The summed E-state index contributed by atoms with van der Waals surface area (Å²) in [5.41, 5.74) is -1.29. The highest BCUT2D eigenvalue weighted by molar-refractivity contribution is 6.74. The lowest BCUT2D eigenvalue weighted by Crippen LogP contribution is -2.50. The predicted molar refractivity (Wildman–Crippen MR) is 121 cm³/mol. The van der Waals surface area contributed by atoms with Gasteiger partial charge in [0.15, 0.2) is 8.32 Å². The average molecular weight is 429 g/mol. The minimum Gasteiger partial charge on any atom is -0.459 e. The topological polar surface area (TPSA) is 72.8 Å². The Morgan fingerprint density at radius 2 is 1.69 bits per heavy atom. The van der Waals surface area contributed by atoms with Crippen LogP contribution in [0.1, 0.15) is 68.2 Å². The van der Waals surface area contributed by atoms with Gasteiger partial charge in [-0.3, -0.25) is 4.79 Å². The lowest BCUT2D eigenvalue weighted by Gasteiger charge is -2.43. The Kier molecular flexibility index (Phi) is 10.5. The van der Waals surface area contributed by atoms with Gasteiger partial charge in [0.05, 0.1) is 12.0 Å². The predicted octanol–water partition coefficient (Wildman–Crippen LogP) is 5.13. The third-order valence-electron chi connectivity index (χ3n) is 6.33. The van der Waals surface area contributed by atoms with Crippen molar-refractivity contribution in [3.8, 4) is 0 Å². The zero-order chi connectivity index (χ0) is 23.2. The van der Waals surface area contributed by atoms with Crippen molar-refractivity contribution in [2.75, 3.05) is 0 Å². The zero-order valence-corrected chi connectivity index (χ0v) is 21.2. The fraction of sp³-hybridized carbons (Fsp3) is 0.826. The summed E-state index contributed by atoms with van der Waals surface area (Å²) in [6.45, 7) is 23.6. The molecule has 0 radical (unpaired) electrons. The molecule has 0 aliphatic carbocycles. The van der Waals surface area contributed by atoms with Crippen LogP contribution in [-0.4, -0.2) is 43.5 Å². The normalized spacial score (nSPS) is 20.0. The summed E-state index contributed by atoms with van der Waals surface area (Å²) in [7, 11) is -2.15. The summed E-state index contributed by atoms with van der Waals surface area (Å²) in [6, 6.07) is 0. The molecule has 0 rings (SSSR count). The molecule has 170 valence electrons. The molecule has 0 bridgehead atoms. The molecule has 6 heteroatoms. The molecule has 0 heterocycles. The largest absolute Gasteiger partial charge is 0.459 e. The van der Waals surface area contributed by atoms with Crippen molar-refractivity contribution in [2.24, 2.45) is 17.8 Å². The fourth-order valence-electron chi connectivity index (χ4n) is 3.13. The van der Waals surface area contributed by atoms with Gasteiger partial charge in [-0.15, -0.1) is 6.58 Å². The maximum absolute atomic E-state index is 13.0. The van der Waals surface area contributed by atoms with E-state index < -0.39 is 31.9 Å². The molecule has 0 aromatic rings. The second kappa shape index (κ2) is 10.9. The molecule has 1 N–H and O–H groups in total. The summed E-state index contributed by atoms with van der Waals surface area (Å²) in [5.74, 6) is -1.02. The number of hydrogen-bond donors (Lipinski definition) is 1. The van der Waals surface area contributed by atoms with E-state index in [9.17, 15) is 14.7 Å². The summed E-state index contributed by atoms with van der Waals surface area (Å²) >= 11 is 0. The van der Waals surface area contributed by atoms with E-state index >= 15 is 0 Å². The molecule has 0 aromatic heterocycles. The smallest absolute Gasteiger partial charge is 0.311 e. The van der Waals surface area contributed by atoms with Crippen molar-refractivity contribution in [2.45, 2.75) is 104 Å². The van der Waals surface area contributed by atoms with Crippen molar-refractivity contribution in [1.82, 2.24) is 0 Å². The Balaban J connectivity index is 5.71. The van der Waals surface area contributed by atoms with Crippen LogP contribution in [0.15, 0.2) is 12.7 Å². The number of aliphatic hydroxyl groups is 1. The quantitative estimate of drug-likeness (QED) is 0.202. The lowest BCUT2D eigenvalue weighted by molar-refractivity contribution is -0.168. The Hall–Kier alpha value is -0.983. The molecule has 5 nitrogen and oxygen atoms in total. The summed E-state index contributed by atoms with van der Waals surface area (Å²) < 4.78 is 12.3. The summed E-state index contributed by atoms with van der Waals surface area (Å²) in [6.07, 6.45) is 2.42. The average Bonchev–Trinajstić information content (AvgIpc) is 2.61. The monoisotopic (exact) mass is 428 g/mol. The van der Waals surface area contributed by atoms with Crippen LogP contribution in [0.5, 0.6) is 0 Å². The van der Waals surface area contributed by atoms with Gasteiger partial charge in [-0.05, 0) is 50.7 Å². The number of ether oxygens (including phenoxy) is 1. The second-order valence-electron chi connectivity index (χ2n) is 10.2. The van der Waals surface area contributed by atoms with Gasteiger partial charge in [0.1, 0.15) is 18.0 Å². The van der Waals surface area contributed by atoms with Crippen LogP contribution < -0.4 is 0 Å². The van der Waals surface area contributed by atoms with Crippen LogP contribution in [0.25, 0.3) is 0 Å². The van der Waals surface area contributed by atoms with E-state index in [1.807, 2.05) is 27.7 Å². The number of aldehydes is 1. The van der Waals surface area contributed by atoms with E-state index in [4.69, 9.17) is 9.16 Å². The van der Waals surface area contributed by atoms with Gasteiger partial charge >= 0.3 is 5.97 Å². The van der Waals surface area contributed by atoms with Crippen molar-refractivity contribution in [1.29, 1.82) is 0 Å². The van der Waals surface area contributed by atoms with Crippen LogP contribution in [0, 0.1) is 17.8 Å². The van der Waals surface area contributed by atoms with Crippen LogP contribution in [0.4, 0.5) is 0 Å². The molecule has 0 amide bonds. The van der Waals surface area contributed by atoms with Gasteiger partial charge in [-0.1, -0.05) is 47.6 Å². The maximum atomic E-state index is 13.0. The first-order valence-corrected chi connectivity index (χ1v) is 13.6. The van der Waals surface area contributed by atoms with Gasteiger partial charge in [0.2, 0.25) is 0 Å². The summed E-state index contributed by atoms with van der Waals surface area (Å²) in [4.78, 5) is 24.2. The van der Waals surface area contributed by atoms with Gasteiger partial charge < -0.3 is 19.1 Å². The van der Waals surface area contributed by atoms with Crippen molar-refractivity contribution >= 4 is 20.6 Å². The second-order valence-corrected chi connectivity index (χ2v) is 15.0. The molecule has 6 atom stereocenters. The molecule has 0 unspecified atom stereocenters. The Labute approximate surface area is 179 Å². The Morgan fingerprint density at radius 1 is 1.17 bits per heavy atom. The molecule has 29 heavy (non-hydrogen) atoms. The highest BCUT2D eigenvalue weighted by atomic mass is 28.4. The zero-order valence-electron chi connectivity index (χ0n) is 20.2. The summed E-state index contributed by atoms with van der Waals surface area (Å²) in [5, 5.41) is 10.4.